The van der Waals surface area contributed by atoms with Gasteiger partial charge in [0.2, 0.25) is 0 Å². The molecule has 1 heterocycles. The van der Waals surface area contributed by atoms with Crippen molar-refractivity contribution in [3.63, 3.8) is 0 Å². The zero-order valence-electron chi connectivity index (χ0n) is 14.4. The van der Waals surface area contributed by atoms with Crippen molar-refractivity contribution in [2.45, 2.75) is 58.2 Å². The fourth-order valence-electron chi connectivity index (χ4n) is 4.05. The SMILES string of the molecule is CCCN(CN1C(=O)NC2(C1=O)[C@@H](C)CCC[C@@H]2C)CC(F)(F)F. The number of amides is 3. The quantitative estimate of drug-likeness (QED) is 0.777. The second kappa shape index (κ2) is 6.90. The molecule has 2 rings (SSSR count). The molecule has 5 nitrogen and oxygen atoms in total. The highest BCUT2D eigenvalue weighted by molar-refractivity contribution is 6.07. The number of carbonyl (C=O) groups is 2. The molecule has 0 radical (unpaired) electrons. The van der Waals surface area contributed by atoms with Crippen LogP contribution in [-0.4, -0.2) is 53.2 Å². The van der Waals surface area contributed by atoms with Crippen molar-refractivity contribution in [1.82, 2.24) is 15.1 Å². The second-order valence-corrected chi connectivity index (χ2v) is 7.07. The Morgan fingerprint density at radius 1 is 1.25 bits per heavy atom. The van der Waals surface area contributed by atoms with Crippen molar-refractivity contribution >= 4 is 11.9 Å². The molecule has 2 aliphatic rings. The van der Waals surface area contributed by atoms with Crippen molar-refractivity contribution in [3.05, 3.63) is 0 Å². The van der Waals surface area contributed by atoms with Crippen LogP contribution in [0.3, 0.4) is 0 Å². The maximum atomic E-state index is 13.0. The maximum absolute atomic E-state index is 13.0. The topological polar surface area (TPSA) is 52.6 Å². The summed E-state index contributed by atoms with van der Waals surface area (Å²) >= 11 is 0. The van der Waals surface area contributed by atoms with E-state index in [1.165, 1.54) is 0 Å². The first kappa shape index (κ1) is 19.0. The molecule has 8 heteroatoms. The summed E-state index contributed by atoms with van der Waals surface area (Å²) in [5, 5.41) is 2.81. The molecule has 0 aromatic carbocycles. The number of hydrogen-bond donors (Lipinski definition) is 1. The van der Waals surface area contributed by atoms with Crippen LogP contribution in [0.2, 0.25) is 0 Å². The van der Waals surface area contributed by atoms with Gasteiger partial charge < -0.3 is 5.32 Å². The minimum absolute atomic E-state index is 0.0232. The summed E-state index contributed by atoms with van der Waals surface area (Å²) in [5.41, 5.74) is -0.967. The molecule has 0 aromatic rings. The molecule has 2 fully saturated rings. The van der Waals surface area contributed by atoms with Gasteiger partial charge >= 0.3 is 12.2 Å². The Hall–Kier alpha value is -1.31. The molecule has 0 bridgehead atoms. The first-order valence-corrected chi connectivity index (χ1v) is 8.55. The second-order valence-electron chi connectivity index (χ2n) is 7.07. The largest absolute Gasteiger partial charge is 0.401 e. The standard InChI is InChI=1S/C16H26F3N3O2/c1-4-8-21(9-15(17,18)19)10-22-13(23)16(20-14(22)24)11(2)6-5-7-12(16)3/h11-12H,4-10H2,1-3H3,(H,20,24)/t11-,12-/m0/s1. The predicted octanol–water partition coefficient (Wildman–Crippen LogP) is 2.96. The van der Waals surface area contributed by atoms with Gasteiger partial charge in [-0.2, -0.15) is 13.2 Å². The van der Waals surface area contributed by atoms with Gasteiger partial charge in [0.05, 0.1) is 13.2 Å². The molecule has 1 spiro atoms. The lowest BCUT2D eigenvalue weighted by Crippen LogP contribution is -2.59. The van der Waals surface area contributed by atoms with Crippen LogP contribution < -0.4 is 5.32 Å². The lowest BCUT2D eigenvalue weighted by Gasteiger charge is -2.42. The zero-order valence-corrected chi connectivity index (χ0v) is 14.4. The van der Waals surface area contributed by atoms with Crippen LogP contribution in [0, 0.1) is 11.8 Å². The van der Waals surface area contributed by atoms with Gasteiger partial charge in [-0.15, -0.1) is 0 Å². The van der Waals surface area contributed by atoms with E-state index in [4.69, 9.17) is 0 Å². The molecule has 1 saturated heterocycles. The Kier molecular flexibility index (Phi) is 5.47. The van der Waals surface area contributed by atoms with Crippen molar-refractivity contribution in [3.8, 4) is 0 Å². The lowest BCUT2D eigenvalue weighted by atomic mass is 9.67. The summed E-state index contributed by atoms with van der Waals surface area (Å²) in [7, 11) is 0. The van der Waals surface area contributed by atoms with Crippen LogP contribution in [0.25, 0.3) is 0 Å². The van der Waals surface area contributed by atoms with Crippen LogP contribution in [0.5, 0.6) is 0 Å². The van der Waals surface area contributed by atoms with E-state index >= 15 is 0 Å². The maximum Gasteiger partial charge on any atom is 0.401 e. The number of carbonyl (C=O) groups excluding carboxylic acids is 2. The molecule has 1 aliphatic heterocycles. The van der Waals surface area contributed by atoms with E-state index in [0.29, 0.717) is 6.42 Å². The predicted molar refractivity (Wildman–Crippen MR) is 83.1 cm³/mol. The number of halogens is 3. The first-order valence-electron chi connectivity index (χ1n) is 8.55. The van der Waals surface area contributed by atoms with Crippen molar-refractivity contribution in [2.75, 3.05) is 19.8 Å². The average molecular weight is 349 g/mol. The van der Waals surface area contributed by atoms with E-state index < -0.39 is 24.3 Å². The van der Waals surface area contributed by atoms with Gasteiger partial charge in [0.25, 0.3) is 5.91 Å². The summed E-state index contributed by atoms with van der Waals surface area (Å²) in [6.07, 6.45) is -1.21. The van der Waals surface area contributed by atoms with Crippen molar-refractivity contribution in [1.29, 1.82) is 0 Å². The molecule has 3 amide bonds. The third kappa shape index (κ3) is 3.53. The highest BCUT2D eigenvalue weighted by atomic mass is 19.4. The normalized spacial score (nSPS) is 27.2. The first-order chi connectivity index (χ1) is 11.1. The smallest absolute Gasteiger partial charge is 0.323 e. The van der Waals surface area contributed by atoms with Gasteiger partial charge in [0.1, 0.15) is 5.54 Å². The molecule has 0 unspecified atom stereocenters. The zero-order chi connectivity index (χ0) is 18.1. The van der Waals surface area contributed by atoms with Crippen LogP contribution in [0.15, 0.2) is 0 Å². The minimum atomic E-state index is -4.36. The summed E-state index contributed by atoms with van der Waals surface area (Å²) in [6, 6.07) is -0.580. The molecular weight excluding hydrogens is 323 g/mol. The minimum Gasteiger partial charge on any atom is -0.323 e. The number of nitrogens with zero attached hydrogens (tertiary/aromatic N) is 2. The van der Waals surface area contributed by atoms with Crippen molar-refractivity contribution < 1.29 is 22.8 Å². The Balaban J connectivity index is 2.18. The van der Waals surface area contributed by atoms with Crippen molar-refractivity contribution in [2.24, 2.45) is 11.8 Å². The molecule has 24 heavy (non-hydrogen) atoms. The molecule has 2 atom stereocenters. The van der Waals surface area contributed by atoms with Gasteiger partial charge in [0.15, 0.2) is 0 Å². The summed E-state index contributed by atoms with van der Waals surface area (Å²) in [6.45, 7) is 4.35. The van der Waals surface area contributed by atoms with Crippen LogP contribution in [0.1, 0.15) is 46.5 Å². The van der Waals surface area contributed by atoms with E-state index in [2.05, 4.69) is 5.32 Å². The Morgan fingerprint density at radius 3 is 2.33 bits per heavy atom. The molecule has 1 N–H and O–H groups in total. The molecule has 1 aliphatic carbocycles. The number of nitrogens with one attached hydrogen (secondary N) is 1. The monoisotopic (exact) mass is 349 g/mol. The summed E-state index contributed by atoms with van der Waals surface area (Å²) < 4.78 is 38.2. The van der Waals surface area contributed by atoms with Gasteiger partial charge in [-0.3, -0.25) is 9.69 Å². The van der Waals surface area contributed by atoms with Crippen LogP contribution >= 0.6 is 0 Å². The number of urea groups is 1. The van der Waals surface area contributed by atoms with Gasteiger partial charge in [-0.25, -0.2) is 9.69 Å². The molecule has 138 valence electrons. The fourth-order valence-corrected chi connectivity index (χ4v) is 4.05. The van der Waals surface area contributed by atoms with E-state index in [9.17, 15) is 22.8 Å². The molecular formula is C16H26F3N3O2. The Bertz CT molecular complexity index is 485. The highest BCUT2D eigenvalue weighted by Gasteiger charge is 2.58. The van der Waals surface area contributed by atoms with Gasteiger partial charge in [-0.1, -0.05) is 27.2 Å². The molecule has 1 saturated carbocycles. The van der Waals surface area contributed by atoms with Crippen LogP contribution in [-0.2, 0) is 4.79 Å². The van der Waals surface area contributed by atoms with E-state index in [1.807, 2.05) is 13.8 Å². The van der Waals surface area contributed by atoms with Crippen LogP contribution in [0.4, 0.5) is 18.0 Å². The summed E-state index contributed by atoms with van der Waals surface area (Å²) in [4.78, 5) is 27.4. The third-order valence-corrected chi connectivity index (χ3v) is 5.27. The van der Waals surface area contributed by atoms with Gasteiger partial charge in [-0.05, 0) is 37.6 Å². The number of hydrogen-bond acceptors (Lipinski definition) is 3. The van der Waals surface area contributed by atoms with E-state index in [-0.39, 0.29) is 31.0 Å². The Labute approximate surface area is 140 Å². The average Bonchev–Trinajstić information content (AvgIpc) is 2.69. The Morgan fingerprint density at radius 2 is 1.83 bits per heavy atom. The van der Waals surface area contributed by atoms with Gasteiger partial charge in [0, 0.05) is 0 Å². The fraction of sp³-hybridized carbons (Fsp3) is 0.875. The number of rotatable bonds is 5. The highest BCUT2D eigenvalue weighted by Crippen LogP contribution is 2.42. The lowest BCUT2D eigenvalue weighted by molar-refractivity contribution is -0.154. The van der Waals surface area contributed by atoms with E-state index in [0.717, 1.165) is 29.1 Å². The number of imide groups is 1. The summed E-state index contributed by atoms with van der Waals surface area (Å²) in [5.74, 6) is -0.426. The number of alkyl halides is 3. The third-order valence-electron chi connectivity index (χ3n) is 5.27. The molecule has 0 aromatic heterocycles. The van der Waals surface area contributed by atoms with E-state index in [1.54, 1.807) is 6.92 Å².